The van der Waals surface area contributed by atoms with E-state index in [1.165, 1.54) is 29.2 Å². The maximum atomic E-state index is 11.5. The van der Waals surface area contributed by atoms with Gasteiger partial charge in [0.05, 0.1) is 12.7 Å². The van der Waals surface area contributed by atoms with Gasteiger partial charge < -0.3 is 9.64 Å². The number of hydrogen-bond acceptors (Lipinski definition) is 3. The number of carbonyl (C=O) groups excluding carboxylic acids is 1. The Morgan fingerprint density at radius 3 is 1.85 bits per heavy atom. The van der Waals surface area contributed by atoms with Gasteiger partial charge in [0, 0.05) is 23.5 Å². The summed E-state index contributed by atoms with van der Waals surface area (Å²) in [4.78, 5) is 13.8. The van der Waals surface area contributed by atoms with Gasteiger partial charge in [0.2, 0.25) is 0 Å². The number of ether oxygens (including phenoxy) is 1. The summed E-state index contributed by atoms with van der Waals surface area (Å²) in [5, 5.41) is 0. The molecule has 3 aromatic carbocycles. The second-order valence-corrected chi connectivity index (χ2v) is 8.88. The third-order valence-corrected chi connectivity index (χ3v) is 6.19. The Morgan fingerprint density at radius 2 is 1.36 bits per heavy atom. The van der Waals surface area contributed by atoms with Crippen LogP contribution in [0.5, 0.6) is 0 Å². The van der Waals surface area contributed by atoms with Crippen molar-refractivity contribution < 1.29 is 9.53 Å². The first-order valence-corrected chi connectivity index (χ1v) is 11.9. The molecule has 1 saturated heterocycles. The number of carbonyl (C=O) groups is 1. The summed E-state index contributed by atoms with van der Waals surface area (Å²) in [6.45, 7) is 6.60. The predicted octanol–water partition coefficient (Wildman–Crippen LogP) is 7.26. The Hall–Kier alpha value is -3.17. The van der Waals surface area contributed by atoms with Crippen molar-refractivity contribution in [3.05, 3.63) is 102 Å². The second kappa shape index (κ2) is 11.1. The highest BCUT2D eigenvalue weighted by Crippen LogP contribution is 2.35. The van der Waals surface area contributed by atoms with Crippen LogP contribution in [0.3, 0.4) is 0 Å². The van der Waals surface area contributed by atoms with Crippen LogP contribution >= 0.6 is 0 Å². The highest BCUT2D eigenvalue weighted by atomic mass is 16.6. The van der Waals surface area contributed by atoms with E-state index in [1.54, 1.807) is 0 Å². The van der Waals surface area contributed by atoms with Crippen LogP contribution in [0.25, 0.3) is 0 Å². The van der Waals surface area contributed by atoms with Gasteiger partial charge in [-0.2, -0.15) is 0 Å². The Bertz CT molecular complexity index is 1050. The monoisotopic (exact) mass is 439 g/mol. The van der Waals surface area contributed by atoms with Crippen LogP contribution < -0.4 is 4.90 Å². The van der Waals surface area contributed by atoms with E-state index in [9.17, 15) is 4.79 Å². The largest absolute Gasteiger partial charge is 0.373 e. The van der Waals surface area contributed by atoms with Crippen molar-refractivity contribution in [1.82, 2.24) is 0 Å². The molecule has 3 aromatic rings. The van der Waals surface area contributed by atoms with Gasteiger partial charge in [0.15, 0.2) is 5.78 Å². The smallest absolute Gasteiger partial charge is 0.155 e. The molecule has 1 unspecified atom stereocenters. The van der Waals surface area contributed by atoms with E-state index in [4.69, 9.17) is 4.74 Å². The van der Waals surface area contributed by atoms with E-state index in [2.05, 4.69) is 91.2 Å². The SMILES string of the molecule is C=CC(=O)CCCc1ccc(N(c2ccc(C)cc2)c2ccc(CCCC3CO3)cc2)cc1. The van der Waals surface area contributed by atoms with E-state index in [0.717, 1.165) is 49.4 Å². The van der Waals surface area contributed by atoms with Gasteiger partial charge in [0.1, 0.15) is 0 Å². The molecule has 0 spiro atoms. The summed E-state index contributed by atoms with van der Waals surface area (Å²) in [7, 11) is 0. The van der Waals surface area contributed by atoms with Crippen molar-refractivity contribution in [2.24, 2.45) is 0 Å². The van der Waals surface area contributed by atoms with Crippen LogP contribution in [0.4, 0.5) is 17.1 Å². The lowest BCUT2D eigenvalue weighted by atomic mass is 10.0. The maximum Gasteiger partial charge on any atom is 0.155 e. The second-order valence-electron chi connectivity index (χ2n) is 8.88. The average molecular weight is 440 g/mol. The summed E-state index contributed by atoms with van der Waals surface area (Å²) in [5.74, 6) is 0.112. The molecular weight excluding hydrogens is 406 g/mol. The molecule has 0 aliphatic carbocycles. The quantitative estimate of drug-likeness (QED) is 0.220. The molecule has 3 nitrogen and oxygen atoms in total. The Balaban J connectivity index is 1.50. The number of aryl methyl sites for hydroxylation is 3. The van der Waals surface area contributed by atoms with E-state index < -0.39 is 0 Å². The molecule has 33 heavy (non-hydrogen) atoms. The molecule has 0 radical (unpaired) electrons. The van der Waals surface area contributed by atoms with Crippen LogP contribution in [0.2, 0.25) is 0 Å². The molecule has 4 rings (SSSR count). The van der Waals surface area contributed by atoms with Gasteiger partial charge in [-0.15, -0.1) is 0 Å². The Morgan fingerprint density at radius 1 is 0.879 bits per heavy atom. The number of benzene rings is 3. The van der Waals surface area contributed by atoms with Gasteiger partial charge in [-0.3, -0.25) is 4.79 Å². The van der Waals surface area contributed by atoms with Crippen molar-refractivity contribution in [3.63, 3.8) is 0 Å². The van der Waals surface area contributed by atoms with E-state index >= 15 is 0 Å². The lowest BCUT2D eigenvalue weighted by Crippen LogP contribution is -2.10. The number of ketones is 1. The molecule has 1 heterocycles. The van der Waals surface area contributed by atoms with E-state index in [-0.39, 0.29) is 5.78 Å². The molecule has 1 aliphatic heterocycles. The minimum Gasteiger partial charge on any atom is -0.373 e. The molecular formula is C30H33NO2. The molecule has 0 saturated carbocycles. The highest BCUT2D eigenvalue weighted by Gasteiger charge is 2.21. The van der Waals surface area contributed by atoms with Gasteiger partial charge in [0.25, 0.3) is 0 Å². The number of epoxide rings is 1. The van der Waals surface area contributed by atoms with Crippen molar-refractivity contribution in [2.45, 2.75) is 51.6 Å². The zero-order valence-corrected chi connectivity index (χ0v) is 19.5. The van der Waals surface area contributed by atoms with Crippen molar-refractivity contribution in [2.75, 3.05) is 11.5 Å². The zero-order chi connectivity index (χ0) is 23.0. The fourth-order valence-electron chi connectivity index (χ4n) is 4.10. The summed E-state index contributed by atoms with van der Waals surface area (Å²) in [5.41, 5.74) is 7.28. The van der Waals surface area contributed by atoms with Crippen molar-refractivity contribution in [3.8, 4) is 0 Å². The number of rotatable bonds is 12. The van der Waals surface area contributed by atoms with Crippen molar-refractivity contribution >= 4 is 22.8 Å². The van der Waals surface area contributed by atoms with Gasteiger partial charge in [-0.1, -0.05) is 48.5 Å². The maximum absolute atomic E-state index is 11.5. The fourth-order valence-corrected chi connectivity index (χ4v) is 4.10. The normalized spacial score (nSPS) is 14.6. The molecule has 1 aliphatic rings. The lowest BCUT2D eigenvalue weighted by Gasteiger charge is -2.26. The Kier molecular flexibility index (Phi) is 7.74. The summed E-state index contributed by atoms with van der Waals surface area (Å²) < 4.78 is 5.32. The standard InChI is InChI=1S/C30H33NO2/c1-3-29(32)8-4-6-24-12-18-27(19-13-24)31(26-16-10-23(2)11-17-26)28-20-14-25(15-21-28)7-5-9-30-22-33-30/h3,10-21,30H,1,4-9,22H2,2H3. The summed E-state index contributed by atoms with van der Waals surface area (Å²) >= 11 is 0. The fraction of sp³-hybridized carbons (Fsp3) is 0.300. The lowest BCUT2D eigenvalue weighted by molar-refractivity contribution is -0.114. The molecule has 170 valence electrons. The Labute approximate surface area is 197 Å². The first-order chi connectivity index (χ1) is 16.1. The van der Waals surface area contributed by atoms with E-state index in [1.807, 2.05) is 0 Å². The average Bonchev–Trinajstić information content (AvgIpc) is 3.67. The zero-order valence-electron chi connectivity index (χ0n) is 19.5. The molecule has 1 atom stereocenters. The molecule has 0 bridgehead atoms. The molecule has 0 aromatic heterocycles. The summed E-state index contributed by atoms with van der Waals surface area (Å²) in [6.07, 6.45) is 7.64. The molecule has 0 N–H and O–H groups in total. The van der Waals surface area contributed by atoms with Crippen LogP contribution in [-0.4, -0.2) is 18.5 Å². The molecule has 1 fully saturated rings. The van der Waals surface area contributed by atoms with Crippen molar-refractivity contribution in [1.29, 1.82) is 0 Å². The summed E-state index contributed by atoms with van der Waals surface area (Å²) in [6, 6.07) is 26.3. The molecule has 0 amide bonds. The number of hydrogen-bond donors (Lipinski definition) is 0. The van der Waals surface area contributed by atoms with Gasteiger partial charge in [-0.25, -0.2) is 0 Å². The number of nitrogens with zero attached hydrogens (tertiary/aromatic N) is 1. The van der Waals surface area contributed by atoms with Crippen LogP contribution in [-0.2, 0) is 22.4 Å². The van der Waals surface area contributed by atoms with E-state index in [0.29, 0.717) is 12.5 Å². The van der Waals surface area contributed by atoms with Crippen LogP contribution in [0.1, 0.15) is 42.4 Å². The van der Waals surface area contributed by atoms with Gasteiger partial charge in [-0.05, 0) is 92.6 Å². The highest BCUT2D eigenvalue weighted by molar-refractivity contribution is 5.88. The minimum atomic E-state index is 0.112. The third kappa shape index (κ3) is 6.66. The number of allylic oxidation sites excluding steroid dienone is 1. The minimum absolute atomic E-state index is 0.112. The third-order valence-electron chi connectivity index (χ3n) is 6.19. The molecule has 3 heteroatoms. The predicted molar refractivity (Wildman–Crippen MR) is 137 cm³/mol. The first kappa shape index (κ1) is 23.0. The topological polar surface area (TPSA) is 32.8 Å². The van der Waals surface area contributed by atoms with Crippen LogP contribution in [0.15, 0.2) is 85.5 Å². The first-order valence-electron chi connectivity index (χ1n) is 11.9. The number of anilines is 3. The van der Waals surface area contributed by atoms with Crippen LogP contribution in [0, 0.1) is 6.92 Å². The van der Waals surface area contributed by atoms with Gasteiger partial charge >= 0.3 is 0 Å².